The molecule has 0 spiro atoms. The van der Waals surface area contributed by atoms with E-state index in [0.29, 0.717) is 6.04 Å². The molecule has 0 aromatic carbocycles. The third-order valence-electron chi connectivity index (χ3n) is 4.57. The fraction of sp³-hybridized carbons (Fsp3) is 0.467. The summed E-state index contributed by atoms with van der Waals surface area (Å²) < 4.78 is 3.80. The molecule has 1 aliphatic heterocycles. The molecule has 4 heterocycles. The molecule has 120 valence electrons. The third kappa shape index (κ3) is 2.65. The van der Waals surface area contributed by atoms with Crippen molar-refractivity contribution in [3.8, 4) is 0 Å². The summed E-state index contributed by atoms with van der Waals surface area (Å²) in [5, 5.41) is 12.4. The first kappa shape index (κ1) is 14.1. The topological polar surface area (TPSA) is 67.4 Å². The molecule has 23 heavy (non-hydrogen) atoms. The first-order valence-corrected chi connectivity index (χ1v) is 7.79. The predicted octanol–water partition coefficient (Wildman–Crippen LogP) is 0.221. The van der Waals surface area contributed by atoms with E-state index in [2.05, 4.69) is 41.7 Å². The van der Waals surface area contributed by atoms with Crippen molar-refractivity contribution in [3.63, 3.8) is 0 Å². The van der Waals surface area contributed by atoms with Crippen LogP contribution in [0.3, 0.4) is 0 Å². The second kappa shape index (κ2) is 5.62. The molecule has 0 atom stereocenters. The van der Waals surface area contributed by atoms with E-state index in [4.69, 9.17) is 0 Å². The van der Waals surface area contributed by atoms with E-state index in [1.807, 2.05) is 31.6 Å². The van der Waals surface area contributed by atoms with Gasteiger partial charge in [-0.15, -0.1) is 15.3 Å². The number of aromatic nitrogens is 6. The first-order chi connectivity index (χ1) is 11.2. The highest BCUT2D eigenvalue weighted by Crippen LogP contribution is 2.21. The van der Waals surface area contributed by atoms with E-state index in [1.54, 1.807) is 10.8 Å². The lowest BCUT2D eigenvalue weighted by Crippen LogP contribution is -2.59. The van der Waals surface area contributed by atoms with E-state index >= 15 is 0 Å². The Kier molecular flexibility index (Phi) is 3.45. The molecule has 8 heteroatoms. The molecule has 0 unspecified atom stereocenters. The normalized spacial score (nSPS) is 15.5. The Morgan fingerprint density at radius 2 is 2.17 bits per heavy atom. The summed E-state index contributed by atoms with van der Waals surface area (Å²) in [6.07, 6.45) is 6.46. The van der Waals surface area contributed by atoms with Crippen molar-refractivity contribution in [1.29, 1.82) is 0 Å². The summed E-state index contributed by atoms with van der Waals surface area (Å²) in [4.78, 5) is 9.06. The Morgan fingerprint density at radius 1 is 1.30 bits per heavy atom. The molecule has 0 amide bonds. The highest BCUT2D eigenvalue weighted by Gasteiger charge is 2.31. The molecule has 0 bridgehead atoms. The largest absolute Gasteiger partial charge is 0.352 e. The average Bonchev–Trinajstić information content (AvgIpc) is 3.11. The maximum atomic E-state index is 4.53. The van der Waals surface area contributed by atoms with Crippen LogP contribution in [0.15, 0.2) is 30.9 Å². The second-order valence-electron chi connectivity index (χ2n) is 6.07. The molecule has 0 N–H and O–H groups in total. The molecule has 4 rings (SSSR count). The van der Waals surface area contributed by atoms with E-state index in [-0.39, 0.29) is 0 Å². The summed E-state index contributed by atoms with van der Waals surface area (Å²) in [5.74, 6) is 2.11. The molecule has 0 aliphatic carbocycles. The van der Waals surface area contributed by atoms with Crippen molar-refractivity contribution in [2.75, 3.05) is 31.6 Å². The molecule has 3 aromatic heterocycles. The maximum Gasteiger partial charge on any atom is 0.177 e. The smallest absolute Gasteiger partial charge is 0.177 e. The quantitative estimate of drug-likeness (QED) is 0.671. The highest BCUT2D eigenvalue weighted by atomic mass is 15.4. The van der Waals surface area contributed by atoms with Crippen LogP contribution in [0.5, 0.6) is 0 Å². The van der Waals surface area contributed by atoms with Gasteiger partial charge in [0.25, 0.3) is 0 Å². The Morgan fingerprint density at radius 3 is 2.96 bits per heavy atom. The van der Waals surface area contributed by atoms with E-state index in [1.165, 1.54) is 0 Å². The molecule has 1 saturated heterocycles. The summed E-state index contributed by atoms with van der Waals surface area (Å²) >= 11 is 0. The number of hydrogen-bond donors (Lipinski definition) is 0. The number of rotatable bonds is 5. The van der Waals surface area contributed by atoms with Gasteiger partial charge in [-0.1, -0.05) is 0 Å². The molecule has 8 nitrogen and oxygen atoms in total. The maximum absolute atomic E-state index is 4.53. The Balaban J connectivity index is 1.32. The molecule has 0 saturated carbocycles. The van der Waals surface area contributed by atoms with E-state index in [9.17, 15) is 0 Å². The number of imidazole rings is 1. The summed E-state index contributed by atoms with van der Waals surface area (Å²) in [6.45, 7) is 3.01. The van der Waals surface area contributed by atoms with E-state index in [0.717, 1.165) is 43.3 Å². The van der Waals surface area contributed by atoms with E-state index < -0.39 is 0 Å². The zero-order valence-electron chi connectivity index (χ0n) is 13.4. The minimum atomic E-state index is 0.564. The average molecular weight is 312 g/mol. The first-order valence-electron chi connectivity index (χ1n) is 7.79. The van der Waals surface area contributed by atoms with Crippen molar-refractivity contribution in [2.45, 2.75) is 12.5 Å². The van der Waals surface area contributed by atoms with Gasteiger partial charge in [-0.3, -0.25) is 4.90 Å². The van der Waals surface area contributed by atoms with Gasteiger partial charge in [-0.05, 0) is 19.2 Å². The standard InChI is InChI=1S/C15H20N8/c1-20(7-5-13-16-6-8-21(13)2)12-9-22(10-12)15-4-3-14-18-17-11-23(14)19-15/h3-4,6,8,11-12H,5,7,9-10H2,1-2H3. The van der Waals surface area contributed by atoms with Gasteiger partial charge in [0, 0.05) is 51.5 Å². The van der Waals surface area contributed by atoms with Crippen molar-refractivity contribution < 1.29 is 0 Å². The zero-order chi connectivity index (χ0) is 15.8. The van der Waals surface area contributed by atoms with Crippen molar-refractivity contribution in [3.05, 3.63) is 36.7 Å². The predicted molar refractivity (Wildman–Crippen MR) is 86.3 cm³/mol. The van der Waals surface area contributed by atoms with Crippen LogP contribution in [0.1, 0.15) is 5.82 Å². The summed E-state index contributed by atoms with van der Waals surface area (Å²) in [6, 6.07) is 4.52. The second-order valence-corrected chi connectivity index (χ2v) is 6.07. The summed E-state index contributed by atoms with van der Waals surface area (Å²) in [5.41, 5.74) is 0.776. The van der Waals surface area contributed by atoms with Crippen LogP contribution in [0.25, 0.3) is 5.65 Å². The molecular weight excluding hydrogens is 292 g/mol. The van der Waals surface area contributed by atoms with Crippen LogP contribution in [0.2, 0.25) is 0 Å². The number of hydrogen-bond acceptors (Lipinski definition) is 6. The van der Waals surface area contributed by atoms with Gasteiger partial charge < -0.3 is 9.47 Å². The molecule has 1 fully saturated rings. The number of likely N-dealkylation sites (N-methyl/N-ethyl adjacent to an activating group) is 1. The monoisotopic (exact) mass is 312 g/mol. The number of aryl methyl sites for hydroxylation is 1. The van der Waals surface area contributed by atoms with Crippen molar-refractivity contribution in [2.24, 2.45) is 7.05 Å². The van der Waals surface area contributed by atoms with Crippen LogP contribution < -0.4 is 4.90 Å². The van der Waals surface area contributed by atoms with Gasteiger partial charge in [0.2, 0.25) is 0 Å². The number of fused-ring (bicyclic) bond motifs is 1. The molecule has 3 aromatic rings. The lowest BCUT2D eigenvalue weighted by Gasteiger charge is -2.44. The van der Waals surface area contributed by atoms with Gasteiger partial charge in [0.05, 0.1) is 0 Å². The van der Waals surface area contributed by atoms with Gasteiger partial charge in [-0.2, -0.15) is 4.52 Å². The van der Waals surface area contributed by atoms with Crippen molar-refractivity contribution >= 4 is 11.5 Å². The lowest BCUT2D eigenvalue weighted by molar-refractivity contribution is 0.205. The van der Waals surface area contributed by atoms with Gasteiger partial charge >= 0.3 is 0 Å². The van der Waals surface area contributed by atoms with Crippen molar-refractivity contribution in [1.82, 2.24) is 34.3 Å². The van der Waals surface area contributed by atoms with Gasteiger partial charge in [0.1, 0.15) is 18.0 Å². The third-order valence-corrected chi connectivity index (χ3v) is 4.57. The van der Waals surface area contributed by atoms with Crippen LogP contribution in [-0.4, -0.2) is 67.0 Å². The summed E-state index contributed by atoms with van der Waals surface area (Å²) in [7, 11) is 4.22. The Labute approximate surface area is 134 Å². The molecule has 1 aliphatic rings. The fourth-order valence-corrected chi connectivity index (χ4v) is 2.90. The van der Waals surface area contributed by atoms with Gasteiger partial charge in [-0.25, -0.2) is 4.98 Å². The molecular formula is C15H20N8. The number of anilines is 1. The van der Waals surface area contributed by atoms with Gasteiger partial charge in [0.15, 0.2) is 5.65 Å². The van der Waals surface area contributed by atoms with Crippen LogP contribution >= 0.6 is 0 Å². The zero-order valence-corrected chi connectivity index (χ0v) is 13.4. The number of nitrogens with zero attached hydrogens (tertiary/aromatic N) is 8. The Hall–Kier alpha value is -2.48. The lowest BCUT2D eigenvalue weighted by atomic mass is 10.1. The SMILES string of the molecule is CN(CCc1nccn1C)C1CN(c2ccc3nncn3n2)C1. The van der Waals surface area contributed by atoms with Crippen LogP contribution in [-0.2, 0) is 13.5 Å². The van der Waals surface area contributed by atoms with Crippen LogP contribution in [0.4, 0.5) is 5.82 Å². The Bertz CT molecular complexity index is 801. The van der Waals surface area contributed by atoms with Crippen LogP contribution in [0, 0.1) is 0 Å². The minimum Gasteiger partial charge on any atom is -0.352 e. The minimum absolute atomic E-state index is 0.564. The highest BCUT2D eigenvalue weighted by molar-refractivity contribution is 5.47. The molecule has 0 radical (unpaired) electrons. The fourth-order valence-electron chi connectivity index (χ4n) is 2.90.